The third-order valence-electron chi connectivity index (χ3n) is 4.50. The molecule has 0 aromatic carbocycles. The molecule has 1 aromatic rings. The van der Waals surface area contributed by atoms with Crippen molar-refractivity contribution in [3.8, 4) is 0 Å². The smallest absolute Gasteiger partial charge is 0.261 e. The zero-order chi connectivity index (χ0) is 16.9. The Kier molecular flexibility index (Phi) is 5.50. The molecule has 3 rings (SSSR count). The van der Waals surface area contributed by atoms with E-state index in [1.54, 1.807) is 0 Å². The van der Waals surface area contributed by atoms with Gasteiger partial charge in [0, 0.05) is 11.4 Å². The average Bonchev–Trinajstić information content (AvgIpc) is 2.92. The van der Waals surface area contributed by atoms with Gasteiger partial charge in [0.1, 0.15) is 6.04 Å². The number of fused-ring (bicyclic) bond motifs is 1. The molecule has 3 amide bonds. The molecule has 1 atom stereocenters. The first-order valence-corrected chi connectivity index (χ1v) is 9.42. The fourth-order valence-electron chi connectivity index (χ4n) is 3.17. The highest BCUT2D eigenvalue weighted by atomic mass is 32.1. The van der Waals surface area contributed by atoms with Crippen molar-refractivity contribution in [1.29, 1.82) is 0 Å². The maximum absolute atomic E-state index is 12.2. The van der Waals surface area contributed by atoms with E-state index in [0.717, 1.165) is 25.7 Å². The Morgan fingerprint density at radius 2 is 2.04 bits per heavy atom. The van der Waals surface area contributed by atoms with Gasteiger partial charge in [0.25, 0.3) is 5.91 Å². The zero-order valence-electron chi connectivity index (χ0n) is 13.7. The van der Waals surface area contributed by atoms with Crippen LogP contribution in [0.5, 0.6) is 0 Å². The normalized spacial score (nSPS) is 20.5. The van der Waals surface area contributed by atoms with Crippen LogP contribution in [0.1, 0.15) is 52.2 Å². The molecular formula is C17H23N3O3S. The monoisotopic (exact) mass is 349 g/mol. The van der Waals surface area contributed by atoms with Gasteiger partial charge in [-0.05, 0) is 56.6 Å². The van der Waals surface area contributed by atoms with Crippen molar-refractivity contribution in [1.82, 2.24) is 16.0 Å². The van der Waals surface area contributed by atoms with E-state index >= 15 is 0 Å². The lowest BCUT2D eigenvalue weighted by atomic mass is 9.99. The minimum absolute atomic E-state index is 0.106. The SMILES string of the molecule is O=C(CNC(=O)c1cc2c(s1)CCCC2)N[C@H]1CCCCNC1=O. The summed E-state index contributed by atoms with van der Waals surface area (Å²) in [4.78, 5) is 38.0. The lowest BCUT2D eigenvalue weighted by Gasteiger charge is -2.15. The topological polar surface area (TPSA) is 87.3 Å². The van der Waals surface area contributed by atoms with Crippen molar-refractivity contribution >= 4 is 29.1 Å². The first-order chi connectivity index (χ1) is 11.6. The zero-order valence-corrected chi connectivity index (χ0v) is 14.5. The van der Waals surface area contributed by atoms with Gasteiger partial charge >= 0.3 is 0 Å². The van der Waals surface area contributed by atoms with Gasteiger partial charge in [-0.1, -0.05) is 0 Å². The number of nitrogens with one attached hydrogen (secondary N) is 3. The van der Waals surface area contributed by atoms with Crippen LogP contribution in [0.2, 0.25) is 0 Å². The fourth-order valence-corrected chi connectivity index (χ4v) is 4.34. The summed E-state index contributed by atoms with van der Waals surface area (Å²) in [6.45, 7) is 0.552. The predicted octanol–water partition coefficient (Wildman–Crippen LogP) is 1.14. The number of amides is 3. The number of carbonyl (C=O) groups excluding carboxylic acids is 3. The molecule has 1 aliphatic heterocycles. The molecule has 1 saturated heterocycles. The van der Waals surface area contributed by atoms with Crippen LogP contribution in [0.25, 0.3) is 0 Å². The highest BCUT2D eigenvalue weighted by Gasteiger charge is 2.23. The summed E-state index contributed by atoms with van der Waals surface area (Å²) in [5, 5.41) is 8.14. The second-order valence-corrected chi connectivity index (χ2v) is 7.49. The summed E-state index contributed by atoms with van der Waals surface area (Å²) >= 11 is 1.53. The quantitative estimate of drug-likeness (QED) is 0.762. The van der Waals surface area contributed by atoms with Crippen LogP contribution >= 0.6 is 11.3 Å². The molecule has 0 spiro atoms. The van der Waals surface area contributed by atoms with Crippen LogP contribution in [0, 0.1) is 0 Å². The maximum Gasteiger partial charge on any atom is 0.261 e. The molecule has 2 heterocycles. The highest BCUT2D eigenvalue weighted by Crippen LogP contribution is 2.29. The highest BCUT2D eigenvalue weighted by molar-refractivity contribution is 7.14. The Morgan fingerprint density at radius 1 is 1.21 bits per heavy atom. The van der Waals surface area contributed by atoms with Gasteiger partial charge in [0.05, 0.1) is 11.4 Å². The summed E-state index contributed by atoms with van der Waals surface area (Å²) in [6.07, 6.45) is 6.91. The Balaban J connectivity index is 1.49. The first-order valence-electron chi connectivity index (χ1n) is 8.60. The standard InChI is InChI=1S/C17H23N3O3S/c21-15(20-12-6-3-4-8-18-16(12)22)10-19-17(23)14-9-11-5-1-2-7-13(11)24-14/h9,12H,1-8,10H2,(H,18,22)(H,19,23)(H,20,21)/t12-/m0/s1. The Morgan fingerprint density at radius 3 is 2.88 bits per heavy atom. The summed E-state index contributed by atoms with van der Waals surface area (Å²) in [6, 6.07) is 1.46. The van der Waals surface area contributed by atoms with E-state index in [4.69, 9.17) is 0 Å². The van der Waals surface area contributed by atoms with Crippen molar-refractivity contribution in [2.45, 2.75) is 51.0 Å². The first kappa shape index (κ1) is 17.0. The van der Waals surface area contributed by atoms with Crippen LogP contribution in [0.15, 0.2) is 6.07 Å². The van der Waals surface area contributed by atoms with Gasteiger partial charge in [0.2, 0.25) is 11.8 Å². The van der Waals surface area contributed by atoms with Gasteiger partial charge in [-0.3, -0.25) is 14.4 Å². The Labute approximate surface area is 145 Å². The third-order valence-corrected chi connectivity index (χ3v) is 5.74. The minimum atomic E-state index is -0.494. The molecule has 6 nitrogen and oxygen atoms in total. The summed E-state index contributed by atoms with van der Waals surface area (Å²) < 4.78 is 0. The Bertz CT molecular complexity index is 618. The largest absolute Gasteiger partial charge is 0.354 e. The van der Waals surface area contributed by atoms with E-state index in [-0.39, 0.29) is 24.3 Å². The lowest BCUT2D eigenvalue weighted by molar-refractivity contribution is -0.128. The number of hydrogen-bond acceptors (Lipinski definition) is 4. The van der Waals surface area contributed by atoms with Crippen LogP contribution in [-0.2, 0) is 22.4 Å². The summed E-state index contributed by atoms with van der Waals surface area (Å²) in [5.74, 6) is -0.681. The summed E-state index contributed by atoms with van der Waals surface area (Å²) in [5.41, 5.74) is 1.27. The van der Waals surface area contributed by atoms with Gasteiger partial charge < -0.3 is 16.0 Å². The van der Waals surface area contributed by atoms with Gasteiger partial charge in [0.15, 0.2) is 0 Å². The van der Waals surface area contributed by atoms with E-state index in [1.165, 1.54) is 34.6 Å². The number of thiophene rings is 1. The predicted molar refractivity (Wildman–Crippen MR) is 92.1 cm³/mol. The van der Waals surface area contributed by atoms with E-state index in [1.807, 2.05) is 6.07 Å². The van der Waals surface area contributed by atoms with Crippen molar-refractivity contribution in [2.24, 2.45) is 0 Å². The van der Waals surface area contributed by atoms with E-state index < -0.39 is 6.04 Å². The van der Waals surface area contributed by atoms with Crippen molar-refractivity contribution in [3.63, 3.8) is 0 Å². The number of carbonyl (C=O) groups is 3. The molecule has 1 aliphatic carbocycles. The Hall–Kier alpha value is -1.89. The number of hydrogen-bond donors (Lipinski definition) is 3. The van der Waals surface area contributed by atoms with Crippen LogP contribution < -0.4 is 16.0 Å². The molecule has 0 unspecified atom stereocenters. The molecule has 0 bridgehead atoms. The van der Waals surface area contributed by atoms with Crippen LogP contribution in [-0.4, -0.2) is 36.9 Å². The molecule has 24 heavy (non-hydrogen) atoms. The van der Waals surface area contributed by atoms with Crippen molar-refractivity contribution in [2.75, 3.05) is 13.1 Å². The minimum Gasteiger partial charge on any atom is -0.354 e. The maximum atomic E-state index is 12.2. The fraction of sp³-hybridized carbons (Fsp3) is 0.588. The number of aryl methyl sites for hydroxylation is 2. The van der Waals surface area contributed by atoms with Crippen molar-refractivity contribution < 1.29 is 14.4 Å². The molecule has 1 fully saturated rings. The average molecular weight is 349 g/mol. The van der Waals surface area contributed by atoms with E-state index in [0.29, 0.717) is 17.8 Å². The van der Waals surface area contributed by atoms with Crippen molar-refractivity contribution in [3.05, 3.63) is 21.4 Å². The summed E-state index contributed by atoms with van der Waals surface area (Å²) in [7, 11) is 0. The molecule has 130 valence electrons. The van der Waals surface area contributed by atoms with Gasteiger partial charge in [-0.25, -0.2) is 0 Å². The molecule has 3 N–H and O–H groups in total. The molecule has 2 aliphatic rings. The second kappa shape index (κ2) is 7.79. The third kappa shape index (κ3) is 4.14. The second-order valence-electron chi connectivity index (χ2n) is 6.36. The van der Waals surface area contributed by atoms with Gasteiger partial charge in [-0.15, -0.1) is 11.3 Å². The molecule has 1 aromatic heterocycles. The van der Waals surface area contributed by atoms with Crippen LogP contribution in [0.3, 0.4) is 0 Å². The molecular weight excluding hydrogens is 326 g/mol. The number of rotatable bonds is 4. The van der Waals surface area contributed by atoms with Crippen LogP contribution in [0.4, 0.5) is 0 Å². The molecule has 7 heteroatoms. The van der Waals surface area contributed by atoms with E-state index in [9.17, 15) is 14.4 Å². The molecule has 0 saturated carbocycles. The lowest BCUT2D eigenvalue weighted by Crippen LogP contribution is -2.48. The van der Waals surface area contributed by atoms with E-state index in [2.05, 4.69) is 16.0 Å². The van der Waals surface area contributed by atoms with Gasteiger partial charge in [-0.2, -0.15) is 0 Å². The molecule has 0 radical (unpaired) electrons.